The second kappa shape index (κ2) is 5.05. The highest BCUT2D eigenvalue weighted by atomic mass is 79.9. The highest BCUT2D eigenvalue weighted by Crippen LogP contribution is 2.37. The summed E-state index contributed by atoms with van der Waals surface area (Å²) >= 11 is 3.23. The van der Waals surface area contributed by atoms with Crippen LogP contribution in [-0.2, 0) is 0 Å². The zero-order chi connectivity index (χ0) is 14.1. The Labute approximate surface area is 117 Å². The van der Waals surface area contributed by atoms with E-state index in [9.17, 15) is 4.79 Å². The lowest BCUT2D eigenvalue weighted by Crippen LogP contribution is -2.43. The molecule has 18 heavy (non-hydrogen) atoms. The van der Waals surface area contributed by atoms with Crippen LogP contribution in [0, 0.1) is 0 Å². The number of aromatic carboxylic acids is 1. The molecule has 100 valence electrons. The van der Waals surface area contributed by atoms with Gasteiger partial charge < -0.3 is 9.53 Å². The topological polar surface area (TPSA) is 46.5 Å². The molecule has 0 atom stereocenters. The Morgan fingerprint density at radius 1 is 1.33 bits per heavy atom. The minimum atomic E-state index is -1.93. The van der Waals surface area contributed by atoms with Gasteiger partial charge in [-0.3, -0.25) is 0 Å². The second-order valence-electron chi connectivity index (χ2n) is 5.81. The maximum atomic E-state index is 11.1. The van der Waals surface area contributed by atoms with E-state index in [1.807, 2.05) is 0 Å². The summed E-state index contributed by atoms with van der Waals surface area (Å²) in [6.07, 6.45) is 0. The predicted octanol–water partition coefficient (Wildman–Crippen LogP) is 4.53. The van der Waals surface area contributed by atoms with Crippen LogP contribution < -0.4 is 4.43 Å². The van der Waals surface area contributed by atoms with Crippen molar-refractivity contribution in [3.05, 3.63) is 28.2 Å². The molecule has 1 aromatic rings. The van der Waals surface area contributed by atoms with Gasteiger partial charge in [-0.2, -0.15) is 0 Å². The molecule has 0 spiro atoms. The van der Waals surface area contributed by atoms with E-state index in [1.54, 1.807) is 18.2 Å². The number of hydrogen-bond acceptors (Lipinski definition) is 2. The van der Waals surface area contributed by atoms with E-state index in [0.29, 0.717) is 10.2 Å². The SMILES string of the molecule is CC(C)(C)[Si](C)(C)Oc1ccc(Br)c(C(=O)O)c1. The number of carboxylic acids is 1. The lowest BCUT2D eigenvalue weighted by Gasteiger charge is -2.36. The molecule has 1 N–H and O–H groups in total. The highest BCUT2D eigenvalue weighted by Gasteiger charge is 2.39. The zero-order valence-electron chi connectivity index (χ0n) is 11.4. The minimum absolute atomic E-state index is 0.0868. The summed E-state index contributed by atoms with van der Waals surface area (Å²) in [6.45, 7) is 10.7. The van der Waals surface area contributed by atoms with Crippen LogP contribution in [0.15, 0.2) is 22.7 Å². The summed E-state index contributed by atoms with van der Waals surface area (Å²) in [5.41, 5.74) is 0.228. The lowest BCUT2D eigenvalue weighted by atomic mass is 10.2. The second-order valence-corrected chi connectivity index (χ2v) is 11.4. The molecule has 0 aliphatic heterocycles. The number of carboxylic acid groups (broad SMARTS) is 1. The van der Waals surface area contributed by atoms with Gasteiger partial charge in [0.2, 0.25) is 8.32 Å². The molecule has 0 aromatic heterocycles. The van der Waals surface area contributed by atoms with Gasteiger partial charge in [-0.05, 0) is 52.3 Å². The number of halogens is 1. The predicted molar refractivity (Wildman–Crippen MR) is 78.9 cm³/mol. The van der Waals surface area contributed by atoms with Gasteiger partial charge in [-0.25, -0.2) is 4.79 Å². The van der Waals surface area contributed by atoms with Crippen molar-refractivity contribution in [2.24, 2.45) is 0 Å². The lowest BCUT2D eigenvalue weighted by molar-refractivity contribution is 0.0695. The van der Waals surface area contributed by atoms with Crippen molar-refractivity contribution in [3.8, 4) is 5.75 Å². The fourth-order valence-corrected chi connectivity index (χ4v) is 2.62. The molecule has 0 saturated heterocycles. The molecule has 0 aliphatic rings. The molecule has 0 aliphatic carbocycles. The third kappa shape index (κ3) is 3.35. The molecule has 5 heteroatoms. The van der Waals surface area contributed by atoms with E-state index in [1.165, 1.54) is 0 Å². The van der Waals surface area contributed by atoms with Crippen molar-refractivity contribution in [1.82, 2.24) is 0 Å². The Morgan fingerprint density at radius 2 is 1.89 bits per heavy atom. The Hall–Kier alpha value is -0.813. The first-order chi connectivity index (χ1) is 8.04. The maximum Gasteiger partial charge on any atom is 0.336 e. The first kappa shape index (κ1) is 15.2. The minimum Gasteiger partial charge on any atom is -0.543 e. The molecular weight excluding hydrogens is 312 g/mol. The summed E-state index contributed by atoms with van der Waals surface area (Å²) in [5, 5.41) is 9.16. The van der Waals surface area contributed by atoms with Crippen LogP contribution in [0.25, 0.3) is 0 Å². The van der Waals surface area contributed by atoms with Crippen molar-refractivity contribution >= 4 is 30.2 Å². The number of carbonyl (C=O) groups is 1. The van der Waals surface area contributed by atoms with Gasteiger partial charge in [0.1, 0.15) is 5.75 Å². The van der Waals surface area contributed by atoms with Gasteiger partial charge in [-0.15, -0.1) is 0 Å². The van der Waals surface area contributed by atoms with Gasteiger partial charge in [0.05, 0.1) is 5.56 Å². The summed E-state index contributed by atoms with van der Waals surface area (Å²) in [7, 11) is -1.93. The van der Waals surface area contributed by atoms with Crippen LogP contribution in [0.1, 0.15) is 31.1 Å². The molecule has 3 nitrogen and oxygen atoms in total. The molecule has 0 unspecified atom stereocenters. The zero-order valence-corrected chi connectivity index (χ0v) is 14.0. The number of hydrogen-bond donors (Lipinski definition) is 1. The molecule has 0 radical (unpaired) electrons. The average molecular weight is 331 g/mol. The van der Waals surface area contributed by atoms with Gasteiger partial charge in [-0.1, -0.05) is 20.8 Å². The van der Waals surface area contributed by atoms with E-state index in [0.717, 1.165) is 0 Å². The smallest absolute Gasteiger partial charge is 0.336 e. The molecule has 1 rings (SSSR count). The summed E-state index contributed by atoms with van der Waals surface area (Å²) < 4.78 is 6.63. The largest absolute Gasteiger partial charge is 0.543 e. The Balaban J connectivity index is 3.07. The molecule has 1 aromatic carbocycles. The normalized spacial score (nSPS) is 12.3. The number of benzene rings is 1. The van der Waals surface area contributed by atoms with Gasteiger partial charge in [0.15, 0.2) is 0 Å². The first-order valence-corrected chi connectivity index (χ1v) is 9.46. The standard InChI is InChI=1S/C13H19BrO3Si/c1-13(2,3)18(4,5)17-9-6-7-11(14)10(8-9)12(15)16/h6-8H,1-5H3,(H,15,16). The summed E-state index contributed by atoms with van der Waals surface area (Å²) in [4.78, 5) is 11.1. The first-order valence-electron chi connectivity index (χ1n) is 5.76. The molecule has 0 saturated carbocycles. The maximum absolute atomic E-state index is 11.1. The van der Waals surface area contributed by atoms with E-state index in [4.69, 9.17) is 9.53 Å². The average Bonchev–Trinajstić information content (AvgIpc) is 2.18. The van der Waals surface area contributed by atoms with Crippen LogP contribution in [0.5, 0.6) is 5.75 Å². The Morgan fingerprint density at radius 3 is 2.33 bits per heavy atom. The molecule has 0 bridgehead atoms. The monoisotopic (exact) mass is 330 g/mol. The van der Waals surface area contributed by atoms with Gasteiger partial charge in [0.25, 0.3) is 0 Å². The van der Waals surface area contributed by atoms with E-state index in [2.05, 4.69) is 49.8 Å². The van der Waals surface area contributed by atoms with Crippen LogP contribution >= 0.6 is 15.9 Å². The number of rotatable bonds is 3. The molecular formula is C13H19BrO3Si. The summed E-state index contributed by atoms with van der Waals surface area (Å²) in [5.74, 6) is -0.329. The van der Waals surface area contributed by atoms with Crippen molar-refractivity contribution < 1.29 is 14.3 Å². The van der Waals surface area contributed by atoms with Gasteiger partial charge >= 0.3 is 5.97 Å². The van der Waals surface area contributed by atoms with E-state index < -0.39 is 14.3 Å². The fraction of sp³-hybridized carbons (Fsp3) is 0.462. The van der Waals surface area contributed by atoms with Crippen LogP contribution in [0.3, 0.4) is 0 Å². The molecule has 0 fully saturated rings. The Kier molecular flexibility index (Phi) is 4.28. The van der Waals surface area contributed by atoms with Crippen molar-refractivity contribution in [2.45, 2.75) is 38.9 Å². The van der Waals surface area contributed by atoms with Crippen molar-refractivity contribution in [1.29, 1.82) is 0 Å². The third-order valence-electron chi connectivity index (χ3n) is 3.35. The van der Waals surface area contributed by atoms with E-state index in [-0.39, 0.29) is 10.6 Å². The van der Waals surface area contributed by atoms with Crippen molar-refractivity contribution in [3.63, 3.8) is 0 Å². The summed E-state index contributed by atoms with van der Waals surface area (Å²) in [6, 6.07) is 5.09. The highest BCUT2D eigenvalue weighted by molar-refractivity contribution is 9.10. The molecule has 0 heterocycles. The molecule has 0 amide bonds. The van der Waals surface area contributed by atoms with Crippen LogP contribution in [-0.4, -0.2) is 19.4 Å². The van der Waals surface area contributed by atoms with E-state index >= 15 is 0 Å². The van der Waals surface area contributed by atoms with Crippen molar-refractivity contribution in [2.75, 3.05) is 0 Å². The third-order valence-corrected chi connectivity index (χ3v) is 8.40. The van der Waals surface area contributed by atoms with Crippen LogP contribution in [0.2, 0.25) is 18.1 Å². The fourth-order valence-electron chi connectivity index (χ4n) is 1.18. The quantitative estimate of drug-likeness (QED) is 0.828. The van der Waals surface area contributed by atoms with Crippen LogP contribution in [0.4, 0.5) is 0 Å². The van der Waals surface area contributed by atoms with Gasteiger partial charge in [0, 0.05) is 4.47 Å². The Bertz CT molecular complexity index is 464.